The molecular weight excluding hydrogens is 332 g/mol. The first kappa shape index (κ1) is 16.4. The van der Waals surface area contributed by atoms with Gasteiger partial charge in [0.15, 0.2) is 5.76 Å². The summed E-state index contributed by atoms with van der Waals surface area (Å²) in [6.45, 7) is 2.26. The minimum absolute atomic E-state index is 0.0183. The van der Waals surface area contributed by atoms with Crippen molar-refractivity contribution in [3.63, 3.8) is 0 Å². The Hall–Kier alpha value is -2.47. The van der Waals surface area contributed by atoms with E-state index in [1.165, 1.54) is 12.0 Å². The van der Waals surface area contributed by atoms with Crippen LogP contribution in [0.25, 0.3) is 0 Å². The first-order valence-electron chi connectivity index (χ1n) is 7.50. The van der Waals surface area contributed by atoms with Gasteiger partial charge in [0.1, 0.15) is 6.54 Å². The van der Waals surface area contributed by atoms with Crippen molar-refractivity contribution in [1.82, 2.24) is 4.90 Å². The van der Waals surface area contributed by atoms with Crippen LogP contribution in [-0.2, 0) is 4.79 Å². The molecule has 2 amide bonds. The number of hydrogen-bond acceptors (Lipinski definition) is 4. The maximum Gasteiger partial charge on any atom is 0.290 e. The Bertz CT molecular complexity index is 773. The molecule has 1 aromatic carbocycles. The highest BCUT2D eigenvalue weighted by atomic mass is 35.5. The predicted molar refractivity (Wildman–Crippen MR) is 89.6 cm³/mol. The maximum atomic E-state index is 12.6. The molecule has 24 heavy (non-hydrogen) atoms. The molecule has 0 N–H and O–H groups in total. The monoisotopic (exact) mass is 348 g/mol. The number of furan rings is 1. The van der Waals surface area contributed by atoms with E-state index in [0.717, 1.165) is 5.69 Å². The van der Waals surface area contributed by atoms with E-state index in [9.17, 15) is 9.59 Å². The highest BCUT2D eigenvalue weighted by Gasteiger charge is 2.34. The SMILES string of the molecule is COc1ccc(C(=O)N2CC(=O)N(c3cccc(Cl)c3)CC2C)o1. The Morgan fingerprint density at radius 1 is 1.33 bits per heavy atom. The van der Waals surface area contributed by atoms with Crippen LogP contribution in [0.4, 0.5) is 5.69 Å². The van der Waals surface area contributed by atoms with Gasteiger partial charge in [0.25, 0.3) is 11.9 Å². The Balaban J connectivity index is 1.78. The van der Waals surface area contributed by atoms with Crippen molar-refractivity contribution in [2.45, 2.75) is 13.0 Å². The average Bonchev–Trinajstić information content (AvgIpc) is 3.05. The van der Waals surface area contributed by atoms with Crippen LogP contribution in [0, 0.1) is 0 Å². The van der Waals surface area contributed by atoms with Gasteiger partial charge in [0.2, 0.25) is 5.91 Å². The number of carbonyl (C=O) groups is 2. The van der Waals surface area contributed by atoms with E-state index in [2.05, 4.69) is 0 Å². The summed E-state index contributed by atoms with van der Waals surface area (Å²) in [6.07, 6.45) is 0. The first-order chi connectivity index (χ1) is 11.5. The van der Waals surface area contributed by atoms with Gasteiger partial charge in [0.05, 0.1) is 7.11 Å². The highest BCUT2D eigenvalue weighted by Crippen LogP contribution is 2.25. The average molecular weight is 349 g/mol. The lowest BCUT2D eigenvalue weighted by Gasteiger charge is -2.39. The van der Waals surface area contributed by atoms with Crippen molar-refractivity contribution >= 4 is 29.1 Å². The molecule has 1 unspecified atom stereocenters. The number of ether oxygens (including phenoxy) is 1. The summed E-state index contributed by atoms with van der Waals surface area (Å²) in [6, 6.07) is 10.1. The van der Waals surface area contributed by atoms with Crippen molar-refractivity contribution < 1.29 is 18.7 Å². The standard InChI is InChI=1S/C17H17ClN2O4/c1-11-9-20(13-5-3-4-12(18)8-13)15(21)10-19(11)17(22)14-6-7-16(23-2)24-14/h3-8,11H,9-10H2,1-2H3. The van der Waals surface area contributed by atoms with Crippen LogP contribution in [0.5, 0.6) is 5.95 Å². The van der Waals surface area contributed by atoms with E-state index >= 15 is 0 Å². The highest BCUT2D eigenvalue weighted by molar-refractivity contribution is 6.30. The van der Waals surface area contributed by atoms with Crippen LogP contribution in [0.1, 0.15) is 17.5 Å². The predicted octanol–water partition coefficient (Wildman–Crippen LogP) is 2.82. The van der Waals surface area contributed by atoms with Crippen LogP contribution in [-0.4, -0.2) is 43.0 Å². The second-order valence-electron chi connectivity index (χ2n) is 5.59. The Labute approximate surface area is 144 Å². The van der Waals surface area contributed by atoms with E-state index < -0.39 is 0 Å². The summed E-state index contributed by atoms with van der Waals surface area (Å²) in [5.74, 6) is -0.0790. The Morgan fingerprint density at radius 3 is 2.79 bits per heavy atom. The molecule has 1 fully saturated rings. The van der Waals surface area contributed by atoms with Crippen molar-refractivity contribution in [3.8, 4) is 5.95 Å². The number of methoxy groups -OCH3 is 1. The molecule has 6 nitrogen and oxygen atoms in total. The molecule has 126 valence electrons. The number of hydrogen-bond donors (Lipinski definition) is 0. The summed E-state index contributed by atoms with van der Waals surface area (Å²) < 4.78 is 10.2. The third-order valence-electron chi connectivity index (χ3n) is 3.96. The fourth-order valence-electron chi connectivity index (χ4n) is 2.70. The molecule has 2 heterocycles. The molecule has 7 heteroatoms. The first-order valence-corrected chi connectivity index (χ1v) is 7.88. The van der Waals surface area contributed by atoms with Gasteiger partial charge in [0, 0.05) is 29.4 Å². The number of benzene rings is 1. The van der Waals surface area contributed by atoms with Crippen LogP contribution in [0.3, 0.4) is 0 Å². The lowest BCUT2D eigenvalue weighted by atomic mass is 10.1. The summed E-state index contributed by atoms with van der Waals surface area (Å²) >= 11 is 6.00. The maximum absolute atomic E-state index is 12.6. The molecule has 0 saturated carbocycles. The van der Waals surface area contributed by atoms with Crippen molar-refractivity contribution in [2.75, 3.05) is 25.1 Å². The normalized spacial score (nSPS) is 18.0. The van der Waals surface area contributed by atoms with Crippen molar-refractivity contribution in [2.24, 2.45) is 0 Å². The van der Waals surface area contributed by atoms with Crippen LogP contribution in [0.2, 0.25) is 5.02 Å². The Morgan fingerprint density at radius 2 is 2.12 bits per heavy atom. The molecule has 0 bridgehead atoms. The van der Waals surface area contributed by atoms with Gasteiger partial charge in [-0.1, -0.05) is 17.7 Å². The summed E-state index contributed by atoms with van der Waals surface area (Å²) in [5, 5.41) is 0.564. The van der Waals surface area contributed by atoms with E-state index in [-0.39, 0.29) is 36.1 Å². The third kappa shape index (κ3) is 3.10. The van der Waals surface area contributed by atoms with Crippen LogP contribution in [0.15, 0.2) is 40.8 Å². The zero-order valence-electron chi connectivity index (χ0n) is 13.4. The van der Waals surface area contributed by atoms with Gasteiger partial charge in [-0.2, -0.15) is 0 Å². The Kier molecular flexibility index (Phi) is 4.49. The quantitative estimate of drug-likeness (QED) is 0.855. The molecule has 1 aliphatic rings. The summed E-state index contributed by atoms with van der Waals surface area (Å²) in [7, 11) is 1.46. The van der Waals surface area contributed by atoms with Gasteiger partial charge in [-0.15, -0.1) is 0 Å². The van der Waals surface area contributed by atoms with E-state index in [1.54, 1.807) is 35.2 Å². The number of rotatable bonds is 3. The van der Waals surface area contributed by atoms with Crippen LogP contribution < -0.4 is 9.64 Å². The molecule has 0 radical (unpaired) electrons. The minimum atomic E-state index is -0.329. The number of piperazine rings is 1. The van der Waals surface area contributed by atoms with Gasteiger partial charge in [-0.25, -0.2) is 0 Å². The van der Waals surface area contributed by atoms with Crippen molar-refractivity contribution in [1.29, 1.82) is 0 Å². The fraction of sp³-hybridized carbons (Fsp3) is 0.294. The molecule has 1 saturated heterocycles. The molecule has 1 aromatic heterocycles. The zero-order valence-corrected chi connectivity index (χ0v) is 14.1. The van der Waals surface area contributed by atoms with Gasteiger partial charge in [-0.05, 0) is 31.2 Å². The third-order valence-corrected chi connectivity index (χ3v) is 4.19. The van der Waals surface area contributed by atoms with Gasteiger partial charge in [-0.3, -0.25) is 9.59 Å². The lowest BCUT2D eigenvalue weighted by Crippen LogP contribution is -2.57. The minimum Gasteiger partial charge on any atom is -0.468 e. The van der Waals surface area contributed by atoms with Gasteiger partial charge >= 0.3 is 0 Å². The molecule has 0 aliphatic carbocycles. The smallest absolute Gasteiger partial charge is 0.290 e. The summed E-state index contributed by atoms with van der Waals surface area (Å²) in [4.78, 5) is 28.2. The van der Waals surface area contributed by atoms with Gasteiger partial charge < -0.3 is 19.0 Å². The number of nitrogens with zero attached hydrogens (tertiary/aromatic N) is 2. The van der Waals surface area contributed by atoms with Crippen LogP contribution >= 0.6 is 11.6 Å². The fourth-order valence-corrected chi connectivity index (χ4v) is 2.89. The number of carbonyl (C=O) groups excluding carboxylic acids is 2. The van der Waals surface area contributed by atoms with E-state index in [1.807, 2.05) is 13.0 Å². The number of amides is 2. The molecule has 2 aromatic rings. The summed E-state index contributed by atoms with van der Waals surface area (Å²) in [5.41, 5.74) is 0.728. The molecule has 1 atom stereocenters. The lowest BCUT2D eigenvalue weighted by molar-refractivity contribution is -0.121. The number of halogens is 1. The molecule has 1 aliphatic heterocycles. The van der Waals surface area contributed by atoms with E-state index in [0.29, 0.717) is 11.6 Å². The molecule has 0 spiro atoms. The zero-order chi connectivity index (χ0) is 17.3. The van der Waals surface area contributed by atoms with E-state index in [4.69, 9.17) is 20.8 Å². The second-order valence-corrected chi connectivity index (χ2v) is 6.03. The molecule has 3 rings (SSSR count). The molecular formula is C17H17ClN2O4. The topological polar surface area (TPSA) is 63.0 Å². The largest absolute Gasteiger partial charge is 0.468 e. The second kappa shape index (κ2) is 6.57. The van der Waals surface area contributed by atoms with Crippen molar-refractivity contribution in [3.05, 3.63) is 47.2 Å². The number of anilines is 1.